The summed E-state index contributed by atoms with van der Waals surface area (Å²) in [6.07, 6.45) is 0. The molecule has 0 bridgehead atoms. The number of aryl methyl sites for hydroxylation is 1. The van der Waals surface area contributed by atoms with E-state index >= 15 is 0 Å². The molecule has 16 heavy (non-hydrogen) atoms. The molecule has 2 amide bonds. The van der Waals surface area contributed by atoms with Gasteiger partial charge in [-0.1, -0.05) is 6.07 Å². The minimum atomic E-state index is -0.415. The lowest BCUT2D eigenvalue weighted by Crippen LogP contribution is -2.57. The Morgan fingerprint density at radius 3 is 2.81 bits per heavy atom. The number of rotatable bonds is 2. The number of amides is 2. The van der Waals surface area contributed by atoms with E-state index in [0.29, 0.717) is 0 Å². The summed E-state index contributed by atoms with van der Waals surface area (Å²) in [4.78, 5) is 11.4. The molecule has 0 aliphatic carbocycles. The third kappa shape index (κ3) is 2.49. The fraction of sp³-hybridized carbons (Fsp3) is 0.364. The zero-order valence-electron chi connectivity index (χ0n) is 9.01. The highest BCUT2D eigenvalue weighted by molar-refractivity contribution is 5.89. The van der Waals surface area contributed by atoms with E-state index in [0.717, 1.165) is 18.7 Å². The van der Waals surface area contributed by atoms with E-state index in [-0.39, 0.29) is 17.8 Å². The van der Waals surface area contributed by atoms with Crippen LogP contribution in [0.15, 0.2) is 18.2 Å². The van der Waals surface area contributed by atoms with Crippen molar-refractivity contribution in [2.45, 2.75) is 13.0 Å². The zero-order valence-corrected chi connectivity index (χ0v) is 9.01. The van der Waals surface area contributed by atoms with Gasteiger partial charge in [-0.2, -0.15) is 0 Å². The van der Waals surface area contributed by atoms with Gasteiger partial charge in [0.15, 0.2) is 0 Å². The molecule has 3 N–H and O–H groups in total. The van der Waals surface area contributed by atoms with Crippen LogP contribution < -0.4 is 16.0 Å². The molecule has 1 aromatic carbocycles. The Labute approximate surface area is 93.2 Å². The Kier molecular flexibility index (Phi) is 3.05. The fourth-order valence-electron chi connectivity index (χ4n) is 1.46. The van der Waals surface area contributed by atoms with E-state index in [9.17, 15) is 9.18 Å². The van der Waals surface area contributed by atoms with Crippen LogP contribution in [-0.4, -0.2) is 25.2 Å². The van der Waals surface area contributed by atoms with Gasteiger partial charge in [-0.3, -0.25) is 0 Å². The van der Waals surface area contributed by atoms with Gasteiger partial charge in [0.2, 0.25) is 0 Å². The quantitative estimate of drug-likeness (QED) is 0.706. The van der Waals surface area contributed by atoms with E-state index in [1.807, 2.05) is 0 Å². The standard InChI is InChI=1S/C11H14FN3O/c1-7-2-3-10(9(12)4-7)15-11(16)14-8-5-13-6-8/h2-4,8,13H,5-6H2,1H3,(H2,14,15,16). The molecule has 5 heteroatoms. The second-order valence-corrected chi connectivity index (χ2v) is 3.94. The summed E-state index contributed by atoms with van der Waals surface area (Å²) in [7, 11) is 0. The monoisotopic (exact) mass is 223 g/mol. The largest absolute Gasteiger partial charge is 0.333 e. The van der Waals surface area contributed by atoms with E-state index in [1.54, 1.807) is 19.1 Å². The summed E-state index contributed by atoms with van der Waals surface area (Å²) in [5.74, 6) is -0.415. The van der Waals surface area contributed by atoms with Gasteiger partial charge >= 0.3 is 6.03 Å². The van der Waals surface area contributed by atoms with Gasteiger partial charge in [-0.05, 0) is 24.6 Å². The predicted molar refractivity (Wildman–Crippen MR) is 59.9 cm³/mol. The lowest BCUT2D eigenvalue weighted by atomic mass is 10.2. The number of urea groups is 1. The molecule has 1 aliphatic heterocycles. The maximum atomic E-state index is 13.4. The van der Waals surface area contributed by atoms with E-state index in [2.05, 4.69) is 16.0 Å². The van der Waals surface area contributed by atoms with Crippen molar-refractivity contribution >= 4 is 11.7 Å². The lowest BCUT2D eigenvalue weighted by Gasteiger charge is -2.27. The Morgan fingerprint density at radius 1 is 1.50 bits per heavy atom. The average molecular weight is 223 g/mol. The number of hydrogen-bond donors (Lipinski definition) is 3. The molecule has 0 spiro atoms. The molecule has 86 valence electrons. The minimum Gasteiger partial charge on any atom is -0.333 e. The molecule has 1 fully saturated rings. The normalized spacial score (nSPS) is 15.4. The first-order valence-corrected chi connectivity index (χ1v) is 5.19. The zero-order chi connectivity index (χ0) is 11.5. The topological polar surface area (TPSA) is 53.2 Å². The molecule has 4 nitrogen and oxygen atoms in total. The number of anilines is 1. The van der Waals surface area contributed by atoms with Crippen molar-refractivity contribution < 1.29 is 9.18 Å². The maximum absolute atomic E-state index is 13.4. The SMILES string of the molecule is Cc1ccc(NC(=O)NC2CNC2)c(F)c1. The van der Waals surface area contributed by atoms with Crippen LogP contribution in [0.2, 0.25) is 0 Å². The van der Waals surface area contributed by atoms with Gasteiger partial charge in [0.05, 0.1) is 11.7 Å². The Balaban J connectivity index is 1.94. The molecule has 1 saturated heterocycles. The number of nitrogens with one attached hydrogen (secondary N) is 3. The highest BCUT2D eigenvalue weighted by Gasteiger charge is 2.18. The molecule has 1 aliphatic rings. The van der Waals surface area contributed by atoms with Crippen LogP contribution in [0.1, 0.15) is 5.56 Å². The van der Waals surface area contributed by atoms with Crippen molar-refractivity contribution in [3.05, 3.63) is 29.6 Å². The summed E-state index contributed by atoms with van der Waals surface area (Å²) in [6.45, 7) is 3.33. The van der Waals surface area contributed by atoms with E-state index in [4.69, 9.17) is 0 Å². The van der Waals surface area contributed by atoms with Crippen LogP contribution in [0.4, 0.5) is 14.9 Å². The number of carbonyl (C=O) groups excluding carboxylic acids is 1. The Bertz CT molecular complexity index is 404. The molecular formula is C11H14FN3O. The van der Waals surface area contributed by atoms with Crippen LogP contribution >= 0.6 is 0 Å². The highest BCUT2D eigenvalue weighted by Crippen LogP contribution is 2.14. The number of halogens is 1. The van der Waals surface area contributed by atoms with Crippen molar-refractivity contribution in [1.82, 2.24) is 10.6 Å². The summed E-state index contributed by atoms with van der Waals surface area (Å²) in [5.41, 5.74) is 1.03. The van der Waals surface area contributed by atoms with Crippen molar-refractivity contribution in [3.8, 4) is 0 Å². The van der Waals surface area contributed by atoms with Crippen molar-refractivity contribution in [2.75, 3.05) is 18.4 Å². The minimum absolute atomic E-state index is 0.147. The lowest BCUT2D eigenvalue weighted by molar-refractivity contribution is 0.243. The van der Waals surface area contributed by atoms with Gasteiger partial charge in [0.25, 0.3) is 0 Å². The molecule has 0 saturated carbocycles. The van der Waals surface area contributed by atoms with Crippen LogP contribution in [0.3, 0.4) is 0 Å². The second-order valence-electron chi connectivity index (χ2n) is 3.94. The van der Waals surface area contributed by atoms with Crippen LogP contribution in [0.25, 0.3) is 0 Å². The third-order valence-corrected chi connectivity index (χ3v) is 2.49. The number of carbonyl (C=O) groups is 1. The molecule has 2 rings (SSSR count). The van der Waals surface area contributed by atoms with Gasteiger partial charge in [-0.25, -0.2) is 9.18 Å². The molecule has 0 unspecified atom stereocenters. The van der Waals surface area contributed by atoms with E-state index < -0.39 is 5.82 Å². The third-order valence-electron chi connectivity index (χ3n) is 2.49. The number of benzene rings is 1. The first kappa shape index (κ1) is 10.9. The van der Waals surface area contributed by atoms with Gasteiger partial charge in [-0.15, -0.1) is 0 Å². The summed E-state index contributed by atoms with van der Waals surface area (Å²) in [6, 6.07) is 4.48. The molecule has 0 atom stereocenters. The van der Waals surface area contributed by atoms with Crippen LogP contribution in [0.5, 0.6) is 0 Å². The smallest absolute Gasteiger partial charge is 0.319 e. The molecule has 0 radical (unpaired) electrons. The van der Waals surface area contributed by atoms with Crippen LogP contribution in [-0.2, 0) is 0 Å². The van der Waals surface area contributed by atoms with Crippen molar-refractivity contribution in [2.24, 2.45) is 0 Å². The van der Waals surface area contributed by atoms with Crippen molar-refractivity contribution in [3.63, 3.8) is 0 Å². The van der Waals surface area contributed by atoms with Crippen molar-refractivity contribution in [1.29, 1.82) is 0 Å². The Hall–Kier alpha value is -1.62. The maximum Gasteiger partial charge on any atom is 0.319 e. The summed E-state index contributed by atoms with van der Waals surface area (Å²) >= 11 is 0. The first-order valence-electron chi connectivity index (χ1n) is 5.19. The van der Waals surface area contributed by atoms with E-state index in [1.165, 1.54) is 6.07 Å². The summed E-state index contributed by atoms with van der Waals surface area (Å²) in [5, 5.41) is 8.24. The summed E-state index contributed by atoms with van der Waals surface area (Å²) < 4.78 is 13.4. The number of hydrogen-bond acceptors (Lipinski definition) is 2. The molecular weight excluding hydrogens is 209 g/mol. The molecule has 0 aromatic heterocycles. The average Bonchev–Trinajstić information content (AvgIpc) is 2.16. The molecule has 1 heterocycles. The fourth-order valence-corrected chi connectivity index (χ4v) is 1.46. The van der Waals surface area contributed by atoms with Gasteiger partial charge in [0, 0.05) is 13.1 Å². The van der Waals surface area contributed by atoms with Gasteiger partial charge in [0.1, 0.15) is 5.82 Å². The Morgan fingerprint density at radius 2 is 2.25 bits per heavy atom. The predicted octanol–water partition coefficient (Wildman–Crippen LogP) is 1.23. The van der Waals surface area contributed by atoms with Crippen LogP contribution in [0, 0.1) is 12.7 Å². The first-order chi connectivity index (χ1) is 7.65. The second kappa shape index (κ2) is 4.49. The van der Waals surface area contributed by atoms with Gasteiger partial charge < -0.3 is 16.0 Å². The molecule has 1 aromatic rings. The highest BCUT2D eigenvalue weighted by atomic mass is 19.1.